The summed E-state index contributed by atoms with van der Waals surface area (Å²) in [5.41, 5.74) is 0.242. The molecule has 226 valence electrons. The zero-order valence-corrected chi connectivity index (χ0v) is 21.4. The van der Waals surface area contributed by atoms with Gasteiger partial charge in [0.05, 0.1) is 17.9 Å². The van der Waals surface area contributed by atoms with Crippen LogP contribution in [-0.4, -0.2) is 94.3 Å². The lowest BCUT2D eigenvalue weighted by Gasteiger charge is -2.59. The maximum absolute atomic E-state index is 13.1. The monoisotopic (exact) mass is 588 g/mol. The Morgan fingerprint density at radius 3 is 1.80 bits per heavy atom. The molecule has 5 rings (SSSR count). The number of anilines is 1. The van der Waals surface area contributed by atoms with Gasteiger partial charge in [0, 0.05) is 32.8 Å². The van der Waals surface area contributed by atoms with Crippen molar-refractivity contribution in [2.75, 3.05) is 44.3 Å². The van der Waals surface area contributed by atoms with Gasteiger partial charge in [0.2, 0.25) is 5.95 Å². The van der Waals surface area contributed by atoms with Crippen molar-refractivity contribution < 1.29 is 55.3 Å². The number of nitrogens with zero attached hydrogens (tertiary/aromatic N) is 4. The minimum Gasteiger partial charge on any atom is -0.475 e. The smallest absolute Gasteiger partial charge is 0.475 e. The van der Waals surface area contributed by atoms with E-state index >= 15 is 0 Å². The molecule has 1 atom stereocenters. The maximum Gasteiger partial charge on any atom is 0.490 e. The second-order valence-electron chi connectivity index (χ2n) is 10.6. The summed E-state index contributed by atoms with van der Waals surface area (Å²) in [6.45, 7) is 6.24. The Labute approximate surface area is 225 Å². The van der Waals surface area contributed by atoms with Crippen LogP contribution in [0, 0.1) is 23.6 Å². The fourth-order valence-electron chi connectivity index (χ4n) is 4.67. The molecule has 4 aliphatic rings. The average molecular weight is 589 g/mol. The molecule has 1 spiro atoms. The Balaban J connectivity index is 0.000000263. The number of hydrogen-bond acceptors (Lipinski definition) is 7. The minimum absolute atomic E-state index is 0.242. The van der Waals surface area contributed by atoms with Crippen molar-refractivity contribution >= 4 is 17.9 Å². The first kappa shape index (κ1) is 31.8. The molecule has 1 aromatic rings. The molecule has 40 heavy (non-hydrogen) atoms. The lowest BCUT2D eigenvalue weighted by molar-refractivity contribution is -0.193. The van der Waals surface area contributed by atoms with Crippen LogP contribution in [-0.2, 0) is 14.3 Å². The third-order valence-electron chi connectivity index (χ3n) is 7.07. The Bertz CT molecular complexity index is 971. The van der Waals surface area contributed by atoms with Crippen molar-refractivity contribution in [1.82, 2.24) is 14.9 Å². The SMILES string of the molecule is Fc1cnc(N2CC3(CC(COCC4CC4)CCN3CC3CC3)C2)nc1.O=C(O)C(F)(F)F.O=C(O)C(F)(F)F. The quantitative estimate of drug-likeness (QED) is 0.456. The van der Waals surface area contributed by atoms with E-state index in [9.17, 15) is 30.7 Å². The van der Waals surface area contributed by atoms with E-state index in [1.807, 2.05) is 0 Å². The molecule has 3 heterocycles. The summed E-state index contributed by atoms with van der Waals surface area (Å²) in [5, 5.41) is 14.2. The number of rotatable bonds is 7. The van der Waals surface area contributed by atoms with Crippen LogP contribution in [0.4, 0.5) is 36.7 Å². The number of aliphatic carboxylic acids is 2. The summed E-state index contributed by atoms with van der Waals surface area (Å²) in [6, 6.07) is 0. The predicted molar refractivity (Wildman–Crippen MR) is 125 cm³/mol. The molecular weight excluding hydrogens is 557 g/mol. The highest BCUT2D eigenvalue weighted by molar-refractivity contribution is 5.73. The highest BCUT2D eigenvalue weighted by atomic mass is 19.4. The van der Waals surface area contributed by atoms with Crippen molar-refractivity contribution in [3.05, 3.63) is 18.2 Å². The third kappa shape index (κ3) is 9.71. The summed E-state index contributed by atoms with van der Waals surface area (Å²) in [4.78, 5) is 31.1. The second-order valence-corrected chi connectivity index (χ2v) is 10.6. The van der Waals surface area contributed by atoms with Crippen LogP contribution in [0.25, 0.3) is 0 Å². The molecule has 0 radical (unpaired) electrons. The average Bonchev–Trinajstić information content (AvgIpc) is 3.75. The molecule has 2 saturated heterocycles. The van der Waals surface area contributed by atoms with Crippen LogP contribution in [0.5, 0.6) is 0 Å². The number of alkyl halides is 6. The highest BCUT2D eigenvalue weighted by Crippen LogP contribution is 2.43. The number of halogens is 7. The van der Waals surface area contributed by atoms with Gasteiger partial charge in [0.25, 0.3) is 0 Å². The largest absolute Gasteiger partial charge is 0.490 e. The van der Waals surface area contributed by atoms with Crippen LogP contribution in [0.3, 0.4) is 0 Å². The number of ether oxygens (including phenoxy) is 1. The number of carbonyl (C=O) groups is 2. The number of aromatic nitrogens is 2. The first-order valence-electron chi connectivity index (χ1n) is 12.7. The van der Waals surface area contributed by atoms with E-state index in [1.54, 1.807) is 0 Å². The molecular formula is C24H31F7N4O5. The molecule has 1 unspecified atom stereocenters. The second kappa shape index (κ2) is 12.8. The summed E-state index contributed by atoms with van der Waals surface area (Å²) in [7, 11) is 0. The zero-order valence-electron chi connectivity index (χ0n) is 21.4. The summed E-state index contributed by atoms with van der Waals surface area (Å²) in [5.74, 6) is -2.81. The van der Waals surface area contributed by atoms with Crippen molar-refractivity contribution in [3.63, 3.8) is 0 Å². The third-order valence-corrected chi connectivity index (χ3v) is 7.07. The van der Waals surface area contributed by atoms with Crippen molar-refractivity contribution in [1.29, 1.82) is 0 Å². The number of carboxylic acids is 2. The number of piperidine rings is 1. The van der Waals surface area contributed by atoms with Crippen LogP contribution < -0.4 is 4.90 Å². The lowest BCUT2D eigenvalue weighted by atomic mass is 9.75. The Morgan fingerprint density at radius 1 is 0.875 bits per heavy atom. The van der Waals surface area contributed by atoms with Gasteiger partial charge in [0.1, 0.15) is 0 Å². The van der Waals surface area contributed by atoms with Gasteiger partial charge in [-0.2, -0.15) is 26.3 Å². The molecule has 2 aliphatic heterocycles. The van der Waals surface area contributed by atoms with Gasteiger partial charge < -0.3 is 19.8 Å². The van der Waals surface area contributed by atoms with E-state index < -0.39 is 24.3 Å². The lowest BCUT2D eigenvalue weighted by Crippen LogP contribution is -2.73. The maximum atomic E-state index is 13.1. The first-order chi connectivity index (χ1) is 18.6. The number of hydrogen-bond donors (Lipinski definition) is 2. The van der Waals surface area contributed by atoms with Crippen LogP contribution >= 0.6 is 0 Å². The fraction of sp³-hybridized carbons (Fsp3) is 0.750. The van der Waals surface area contributed by atoms with E-state index in [2.05, 4.69) is 19.8 Å². The van der Waals surface area contributed by atoms with E-state index in [-0.39, 0.29) is 11.4 Å². The van der Waals surface area contributed by atoms with E-state index in [4.69, 9.17) is 24.5 Å². The number of carboxylic acid groups (broad SMARTS) is 2. The van der Waals surface area contributed by atoms with Gasteiger partial charge in [0.15, 0.2) is 5.82 Å². The fourth-order valence-corrected chi connectivity index (χ4v) is 4.67. The van der Waals surface area contributed by atoms with Crippen LogP contribution in [0.2, 0.25) is 0 Å². The summed E-state index contributed by atoms with van der Waals surface area (Å²) < 4.78 is 82.6. The molecule has 0 amide bonds. The van der Waals surface area contributed by atoms with Gasteiger partial charge in [-0.1, -0.05) is 0 Å². The Kier molecular flexibility index (Phi) is 10.2. The first-order valence-corrected chi connectivity index (χ1v) is 12.7. The predicted octanol–water partition coefficient (Wildman–Crippen LogP) is 3.99. The highest BCUT2D eigenvalue weighted by Gasteiger charge is 2.52. The number of likely N-dealkylation sites (tertiary alicyclic amines) is 1. The topological polar surface area (TPSA) is 116 Å². The van der Waals surface area contributed by atoms with Gasteiger partial charge in [-0.15, -0.1) is 0 Å². The van der Waals surface area contributed by atoms with E-state index in [1.165, 1.54) is 64.0 Å². The summed E-state index contributed by atoms with van der Waals surface area (Å²) in [6.07, 6.45) is 0.340. The molecule has 2 saturated carbocycles. The van der Waals surface area contributed by atoms with Gasteiger partial charge >= 0.3 is 24.3 Å². The van der Waals surface area contributed by atoms with E-state index in [0.29, 0.717) is 11.9 Å². The molecule has 9 nitrogen and oxygen atoms in total. The molecule has 1 aromatic heterocycles. The molecule has 4 fully saturated rings. The molecule has 16 heteroatoms. The van der Waals surface area contributed by atoms with E-state index in [0.717, 1.165) is 38.1 Å². The molecule has 2 N–H and O–H groups in total. The molecule has 0 bridgehead atoms. The van der Waals surface area contributed by atoms with Gasteiger partial charge in [-0.05, 0) is 62.8 Å². The molecule has 2 aliphatic carbocycles. The Morgan fingerprint density at radius 2 is 1.35 bits per heavy atom. The summed E-state index contributed by atoms with van der Waals surface area (Å²) >= 11 is 0. The normalized spacial score (nSPS) is 22.4. The zero-order chi connectivity index (χ0) is 29.7. The Hall–Kier alpha value is -2.75. The van der Waals surface area contributed by atoms with Crippen LogP contribution in [0.1, 0.15) is 38.5 Å². The minimum atomic E-state index is -5.08. The van der Waals surface area contributed by atoms with Gasteiger partial charge in [-0.25, -0.2) is 23.9 Å². The van der Waals surface area contributed by atoms with Gasteiger partial charge in [-0.3, -0.25) is 4.90 Å². The standard InChI is InChI=1S/C20H29FN4O.2C2HF3O2/c21-18-8-22-19(23-9-18)24-13-20(14-24)7-17(12-26-11-16-3-4-16)5-6-25(20)10-15-1-2-15;2*3-2(4,5)1(6)7/h8-9,15-17H,1-7,10-14H2;2*(H,6,7). The van der Waals surface area contributed by atoms with Crippen molar-refractivity contribution in [3.8, 4) is 0 Å². The molecule has 0 aromatic carbocycles. The van der Waals surface area contributed by atoms with Crippen molar-refractivity contribution in [2.24, 2.45) is 17.8 Å². The van der Waals surface area contributed by atoms with Crippen molar-refractivity contribution in [2.45, 2.75) is 56.4 Å². The van der Waals surface area contributed by atoms with Crippen LogP contribution in [0.15, 0.2) is 12.4 Å².